The van der Waals surface area contributed by atoms with Crippen molar-refractivity contribution in [2.45, 2.75) is 51.6 Å². The molecule has 0 unspecified atom stereocenters. The lowest BCUT2D eigenvalue weighted by molar-refractivity contribution is -0.148. The topological polar surface area (TPSA) is 95.8 Å². The first kappa shape index (κ1) is 21.1. The van der Waals surface area contributed by atoms with Crippen molar-refractivity contribution in [3.8, 4) is 11.3 Å². The Morgan fingerprint density at radius 3 is 2.71 bits per heavy atom. The zero-order chi connectivity index (χ0) is 23.6. The number of aliphatic carboxylic acids is 1. The molecule has 0 aliphatic heterocycles. The van der Waals surface area contributed by atoms with Gasteiger partial charge in [-0.1, -0.05) is 0 Å². The van der Waals surface area contributed by atoms with Gasteiger partial charge < -0.3 is 20.0 Å². The fraction of sp³-hybridized carbons (Fsp3) is 0.423. The zero-order valence-corrected chi connectivity index (χ0v) is 19.3. The molecule has 2 atom stereocenters. The molecule has 0 radical (unpaired) electrons. The first-order chi connectivity index (χ1) is 16.4. The predicted octanol–water partition coefficient (Wildman–Crippen LogP) is 5.60. The van der Waals surface area contributed by atoms with E-state index in [1.54, 1.807) is 6.20 Å². The molecule has 2 bridgehead atoms. The average molecular weight is 462 g/mol. The molecule has 0 amide bonds. The van der Waals surface area contributed by atoms with Crippen molar-refractivity contribution >= 4 is 33.7 Å². The molecule has 7 rings (SSSR count). The van der Waals surface area contributed by atoms with Gasteiger partial charge in [-0.2, -0.15) is 0 Å². The highest BCUT2D eigenvalue weighted by Crippen LogP contribution is 2.47. The van der Waals surface area contributed by atoms with Crippen molar-refractivity contribution in [2.24, 2.45) is 17.8 Å². The van der Waals surface area contributed by atoms with Crippen LogP contribution in [-0.4, -0.2) is 36.6 Å². The number of pyridine rings is 2. The van der Waals surface area contributed by atoms with Crippen molar-refractivity contribution in [1.29, 1.82) is 0 Å². The molecule has 3 aliphatic rings. The Balaban J connectivity index is 1.51. The number of hydrogen-bond acceptors (Lipinski definition) is 4. The maximum Gasteiger partial charge on any atom is 0.308 e. The monoisotopic (exact) mass is 461 g/mol. The second-order valence-electron chi connectivity index (χ2n) is 10.1. The van der Waals surface area contributed by atoms with E-state index in [0.717, 1.165) is 42.1 Å². The summed E-state index contributed by atoms with van der Waals surface area (Å²) in [5, 5.41) is 15.3. The number of carboxylic acids is 1. The van der Waals surface area contributed by atoms with Crippen molar-refractivity contribution in [2.75, 3.05) is 5.32 Å². The van der Waals surface area contributed by atoms with Crippen LogP contribution in [0.2, 0.25) is 0 Å². The summed E-state index contributed by atoms with van der Waals surface area (Å²) in [4.78, 5) is 24.5. The second-order valence-corrected chi connectivity index (χ2v) is 10.1. The summed E-state index contributed by atoms with van der Waals surface area (Å²) in [6, 6.07) is 5.62. The third-order valence-corrected chi connectivity index (χ3v) is 7.85. The summed E-state index contributed by atoms with van der Waals surface area (Å²) in [5.41, 5.74) is 3.07. The van der Waals surface area contributed by atoms with Gasteiger partial charge in [0, 0.05) is 40.8 Å². The molecule has 0 spiro atoms. The molecule has 0 aromatic carbocycles. The number of fused-ring (bicyclic) bond motifs is 5. The number of H-pyrrole nitrogens is 1. The van der Waals surface area contributed by atoms with Crippen LogP contribution in [0.5, 0.6) is 0 Å². The van der Waals surface area contributed by atoms with E-state index in [2.05, 4.69) is 33.7 Å². The maximum absolute atomic E-state index is 14.0. The minimum atomic E-state index is -0.725. The second kappa shape index (κ2) is 7.82. The Bertz CT molecular complexity index is 1400. The van der Waals surface area contributed by atoms with Crippen LogP contribution >= 0.6 is 0 Å². The van der Waals surface area contributed by atoms with E-state index in [1.807, 2.05) is 18.3 Å². The van der Waals surface area contributed by atoms with Gasteiger partial charge in [0.15, 0.2) is 0 Å². The fourth-order valence-corrected chi connectivity index (χ4v) is 6.21. The van der Waals surface area contributed by atoms with Gasteiger partial charge in [0.25, 0.3) is 0 Å². The van der Waals surface area contributed by atoms with Crippen molar-refractivity contribution in [1.82, 2.24) is 19.5 Å². The predicted molar refractivity (Wildman–Crippen MR) is 129 cm³/mol. The van der Waals surface area contributed by atoms with Crippen LogP contribution in [0, 0.1) is 23.6 Å². The molecule has 3 fully saturated rings. The van der Waals surface area contributed by atoms with E-state index in [9.17, 15) is 14.3 Å². The average Bonchev–Trinajstić information content (AvgIpc) is 3.43. The molecule has 4 aromatic heterocycles. The molecule has 8 heteroatoms. The van der Waals surface area contributed by atoms with Crippen LogP contribution in [0.25, 0.3) is 33.2 Å². The van der Waals surface area contributed by atoms with Gasteiger partial charge in [-0.25, -0.2) is 14.4 Å². The number of rotatable bonds is 5. The Morgan fingerprint density at radius 2 is 1.97 bits per heavy atom. The summed E-state index contributed by atoms with van der Waals surface area (Å²) >= 11 is 0. The lowest BCUT2D eigenvalue weighted by Gasteiger charge is -2.47. The van der Waals surface area contributed by atoms with E-state index in [-0.39, 0.29) is 18.0 Å². The summed E-state index contributed by atoms with van der Waals surface area (Å²) in [5.74, 6) is -0.314. The van der Waals surface area contributed by atoms with E-state index in [4.69, 9.17) is 4.98 Å². The zero-order valence-electron chi connectivity index (χ0n) is 19.3. The summed E-state index contributed by atoms with van der Waals surface area (Å²) in [6.45, 7) is 4.25. The van der Waals surface area contributed by atoms with Crippen LogP contribution < -0.4 is 5.32 Å². The van der Waals surface area contributed by atoms with Gasteiger partial charge in [-0.05, 0) is 69.6 Å². The van der Waals surface area contributed by atoms with Crippen LogP contribution in [0.1, 0.15) is 45.6 Å². The molecule has 3 N–H and O–H groups in total. The lowest BCUT2D eigenvalue weighted by atomic mass is 9.61. The highest BCUT2D eigenvalue weighted by Gasteiger charge is 2.47. The first-order valence-electron chi connectivity index (χ1n) is 12.0. The van der Waals surface area contributed by atoms with Crippen molar-refractivity contribution in [3.05, 3.63) is 42.6 Å². The molecule has 3 saturated carbocycles. The van der Waals surface area contributed by atoms with Gasteiger partial charge in [0.05, 0.1) is 23.3 Å². The quantitative estimate of drug-likeness (QED) is 0.359. The largest absolute Gasteiger partial charge is 0.481 e. The molecule has 4 aromatic rings. The fourth-order valence-electron chi connectivity index (χ4n) is 6.21. The molecule has 4 heterocycles. The number of carboxylic acid groups (broad SMARTS) is 1. The van der Waals surface area contributed by atoms with E-state index in [0.29, 0.717) is 28.5 Å². The number of hydrogen-bond donors (Lipinski definition) is 3. The Labute approximate surface area is 196 Å². The molecule has 34 heavy (non-hydrogen) atoms. The molecular formula is C26H28FN5O2. The van der Waals surface area contributed by atoms with E-state index in [1.165, 1.54) is 12.3 Å². The summed E-state index contributed by atoms with van der Waals surface area (Å²) < 4.78 is 16.2. The number of carbonyl (C=O) groups is 1. The summed E-state index contributed by atoms with van der Waals surface area (Å²) in [6.07, 6.45) is 9.12. The number of aromatic amines is 1. The van der Waals surface area contributed by atoms with Crippen molar-refractivity contribution < 1.29 is 14.3 Å². The third-order valence-electron chi connectivity index (χ3n) is 7.85. The van der Waals surface area contributed by atoms with Crippen LogP contribution in [0.4, 0.5) is 10.2 Å². The standard InChI is InChI=1S/C26H28FN5O2/c1-13(2)32-8-7-17-21(32)10-20(19-12-29-24-18(19)9-16(27)11-28-24)30-25(17)31-23-15-5-3-14(4-6-15)22(23)26(33)34/h7-15,22-23H,3-6H2,1-2H3,(H,28,29)(H,30,31)(H,33,34)/t14?,15?,22-,23-/m0/s1. The highest BCUT2D eigenvalue weighted by molar-refractivity contribution is 5.98. The van der Waals surface area contributed by atoms with Gasteiger partial charge in [-0.3, -0.25) is 4.79 Å². The smallest absolute Gasteiger partial charge is 0.308 e. The van der Waals surface area contributed by atoms with Crippen molar-refractivity contribution in [3.63, 3.8) is 0 Å². The van der Waals surface area contributed by atoms with Crippen LogP contribution in [-0.2, 0) is 4.79 Å². The minimum Gasteiger partial charge on any atom is -0.481 e. The SMILES string of the molecule is CC(C)n1ccc2c(N[C@H]3C4CCC(CC4)[C@@H]3C(=O)O)nc(-c3c[nH]c4ncc(F)cc34)cc21. The van der Waals surface area contributed by atoms with Gasteiger partial charge in [-0.15, -0.1) is 0 Å². The van der Waals surface area contributed by atoms with E-state index >= 15 is 0 Å². The molecule has 0 saturated heterocycles. The Hall–Kier alpha value is -3.42. The van der Waals surface area contributed by atoms with Gasteiger partial charge in [0.2, 0.25) is 0 Å². The minimum absolute atomic E-state index is 0.152. The summed E-state index contributed by atoms with van der Waals surface area (Å²) in [7, 11) is 0. The molecular weight excluding hydrogens is 433 g/mol. The Kier molecular flexibility index (Phi) is 4.86. The maximum atomic E-state index is 14.0. The Morgan fingerprint density at radius 1 is 1.21 bits per heavy atom. The normalized spacial score (nSPS) is 24.4. The van der Waals surface area contributed by atoms with E-state index < -0.39 is 17.7 Å². The number of halogens is 1. The first-order valence-corrected chi connectivity index (χ1v) is 12.0. The van der Waals surface area contributed by atoms with Gasteiger partial charge >= 0.3 is 5.97 Å². The molecule has 176 valence electrons. The molecule has 7 nitrogen and oxygen atoms in total. The number of anilines is 1. The highest BCUT2D eigenvalue weighted by atomic mass is 19.1. The van der Waals surface area contributed by atoms with Crippen LogP contribution in [0.3, 0.4) is 0 Å². The molecule has 3 aliphatic carbocycles. The van der Waals surface area contributed by atoms with Gasteiger partial charge in [0.1, 0.15) is 17.3 Å². The lowest BCUT2D eigenvalue weighted by Crippen LogP contribution is -2.51. The number of nitrogens with zero attached hydrogens (tertiary/aromatic N) is 3. The third kappa shape index (κ3) is 3.27. The number of nitrogens with one attached hydrogen (secondary N) is 2. The van der Waals surface area contributed by atoms with Crippen LogP contribution in [0.15, 0.2) is 36.8 Å². The number of aromatic nitrogens is 4.